The Balaban J connectivity index is 2.04. The van der Waals surface area contributed by atoms with Gasteiger partial charge in [0, 0.05) is 6.04 Å². The zero-order valence-electron chi connectivity index (χ0n) is 11.4. The first-order valence-electron chi connectivity index (χ1n) is 6.86. The monoisotopic (exact) mass is 249 g/mol. The van der Waals surface area contributed by atoms with Crippen molar-refractivity contribution in [2.24, 2.45) is 0 Å². The molecule has 100 valence electrons. The lowest BCUT2D eigenvalue weighted by Crippen LogP contribution is -2.35. The van der Waals surface area contributed by atoms with E-state index in [9.17, 15) is 0 Å². The summed E-state index contributed by atoms with van der Waals surface area (Å²) in [5.41, 5.74) is 1.31. The van der Waals surface area contributed by atoms with Crippen LogP contribution in [0.25, 0.3) is 0 Å². The fourth-order valence-corrected chi connectivity index (χ4v) is 2.50. The Morgan fingerprint density at radius 2 is 2.17 bits per heavy atom. The second-order valence-corrected chi connectivity index (χ2v) is 4.77. The number of ether oxygens (including phenoxy) is 2. The fraction of sp³-hybridized carbons (Fsp3) is 0.600. The van der Waals surface area contributed by atoms with Gasteiger partial charge >= 0.3 is 0 Å². The molecule has 0 aromatic heterocycles. The first kappa shape index (κ1) is 13.2. The second-order valence-electron chi connectivity index (χ2n) is 4.77. The number of nitrogens with one attached hydrogen (secondary N) is 1. The van der Waals surface area contributed by atoms with Crippen LogP contribution in [0.5, 0.6) is 11.5 Å². The Labute approximate surface area is 109 Å². The fourth-order valence-electron chi connectivity index (χ4n) is 2.50. The van der Waals surface area contributed by atoms with Crippen LogP contribution in [0.1, 0.15) is 31.7 Å². The molecule has 0 amide bonds. The van der Waals surface area contributed by atoms with Gasteiger partial charge in [-0.05, 0) is 50.4 Å². The third-order valence-corrected chi connectivity index (χ3v) is 3.42. The minimum atomic E-state index is 0.612. The lowest BCUT2D eigenvalue weighted by molar-refractivity contribution is 0.310. The van der Waals surface area contributed by atoms with Gasteiger partial charge in [0.05, 0.1) is 13.7 Å². The first-order chi connectivity index (χ1) is 8.83. The third-order valence-electron chi connectivity index (χ3n) is 3.42. The normalized spacial score (nSPS) is 19.6. The van der Waals surface area contributed by atoms with Crippen molar-refractivity contribution in [1.29, 1.82) is 0 Å². The van der Waals surface area contributed by atoms with Crippen LogP contribution in [0.15, 0.2) is 18.2 Å². The van der Waals surface area contributed by atoms with E-state index in [2.05, 4.69) is 17.4 Å². The molecule has 0 radical (unpaired) electrons. The molecule has 1 heterocycles. The molecule has 0 spiro atoms. The quantitative estimate of drug-likeness (QED) is 0.870. The van der Waals surface area contributed by atoms with Crippen molar-refractivity contribution in [3.8, 4) is 11.5 Å². The lowest BCUT2D eigenvalue weighted by atomic mass is 9.97. The molecule has 0 aliphatic carbocycles. The van der Waals surface area contributed by atoms with Crippen LogP contribution in [-0.2, 0) is 6.42 Å². The number of hydrogen-bond donors (Lipinski definition) is 1. The Morgan fingerprint density at radius 1 is 1.28 bits per heavy atom. The zero-order valence-corrected chi connectivity index (χ0v) is 11.4. The Bertz CT molecular complexity index is 373. The second kappa shape index (κ2) is 6.64. The summed E-state index contributed by atoms with van der Waals surface area (Å²) in [4.78, 5) is 0. The SMILES string of the molecule is CCOc1ccc(CC2CCCCN2)cc1OC. The molecule has 0 saturated carbocycles. The molecule has 2 rings (SSSR count). The number of benzene rings is 1. The predicted octanol–water partition coefficient (Wildman–Crippen LogP) is 2.78. The minimum Gasteiger partial charge on any atom is -0.493 e. The van der Waals surface area contributed by atoms with Crippen molar-refractivity contribution < 1.29 is 9.47 Å². The van der Waals surface area contributed by atoms with Crippen LogP contribution in [0.4, 0.5) is 0 Å². The highest BCUT2D eigenvalue weighted by Gasteiger charge is 2.14. The minimum absolute atomic E-state index is 0.612. The van der Waals surface area contributed by atoms with Crippen LogP contribution in [-0.4, -0.2) is 26.3 Å². The van der Waals surface area contributed by atoms with E-state index < -0.39 is 0 Å². The Hall–Kier alpha value is -1.22. The van der Waals surface area contributed by atoms with Gasteiger partial charge in [-0.15, -0.1) is 0 Å². The molecule has 1 aromatic carbocycles. The molecule has 18 heavy (non-hydrogen) atoms. The maximum absolute atomic E-state index is 5.53. The van der Waals surface area contributed by atoms with Crippen molar-refractivity contribution in [2.45, 2.75) is 38.6 Å². The molecule has 1 unspecified atom stereocenters. The molecule has 3 nitrogen and oxygen atoms in total. The standard InChI is InChI=1S/C15H23NO2/c1-3-18-14-8-7-12(11-15(14)17-2)10-13-6-4-5-9-16-13/h7-8,11,13,16H,3-6,9-10H2,1-2H3. The smallest absolute Gasteiger partial charge is 0.161 e. The largest absolute Gasteiger partial charge is 0.493 e. The van der Waals surface area contributed by atoms with Crippen LogP contribution in [0, 0.1) is 0 Å². The van der Waals surface area contributed by atoms with Crippen LogP contribution < -0.4 is 14.8 Å². The average molecular weight is 249 g/mol. The summed E-state index contributed by atoms with van der Waals surface area (Å²) in [6.07, 6.45) is 4.99. The summed E-state index contributed by atoms with van der Waals surface area (Å²) in [6.45, 7) is 3.80. The van der Waals surface area contributed by atoms with E-state index in [-0.39, 0.29) is 0 Å². The van der Waals surface area contributed by atoms with Gasteiger partial charge in [-0.1, -0.05) is 12.5 Å². The summed E-state index contributed by atoms with van der Waals surface area (Å²) in [5, 5.41) is 3.57. The van der Waals surface area contributed by atoms with E-state index in [0.717, 1.165) is 24.5 Å². The van der Waals surface area contributed by atoms with E-state index >= 15 is 0 Å². The molecule has 1 fully saturated rings. The van der Waals surface area contributed by atoms with Crippen LogP contribution in [0.2, 0.25) is 0 Å². The van der Waals surface area contributed by atoms with E-state index in [1.54, 1.807) is 7.11 Å². The van der Waals surface area contributed by atoms with Crippen LogP contribution in [0.3, 0.4) is 0 Å². The van der Waals surface area contributed by atoms with Crippen LogP contribution >= 0.6 is 0 Å². The predicted molar refractivity (Wildman–Crippen MR) is 73.5 cm³/mol. The van der Waals surface area contributed by atoms with Gasteiger partial charge < -0.3 is 14.8 Å². The molecule has 1 N–H and O–H groups in total. The first-order valence-corrected chi connectivity index (χ1v) is 6.86. The molecule has 1 aromatic rings. The maximum atomic E-state index is 5.53. The van der Waals surface area contributed by atoms with Gasteiger partial charge in [-0.2, -0.15) is 0 Å². The third kappa shape index (κ3) is 3.39. The summed E-state index contributed by atoms with van der Waals surface area (Å²) >= 11 is 0. The van der Waals surface area contributed by atoms with E-state index in [0.29, 0.717) is 12.6 Å². The number of rotatable bonds is 5. The van der Waals surface area contributed by atoms with E-state index in [4.69, 9.17) is 9.47 Å². The highest BCUT2D eigenvalue weighted by Crippen LogP contribution is 2.28. The molecule has 0 bridgehead atoms. The zero-order chi connectivity index (χ0) is 12.8. The van der Waals surface area contributed by atoms with E-state index in [1.165, 1.54) is 24.8 Å². The van der Waals surface area contributed by atoms with Gasteiger partial charge in [-0.3, -0.25) is 0 Å². The van der Waals surface area contributed by atoms with Gasteiger partial charge in [0.25, 0.3) is 0 Å². The highest BCUT2D eigenvalue weighted by atomic mass is 16.5. The van der Waals surface area contributed by atoms with Crippen molar-refractivity contribution >= 4 is 0 Å². The highest BCUT2D eigenvalue weighted by molar-refractivity contribution is 5.43. The molecule has 1 aliphatic heterocycles. The van der Waals surface area contributed by atoms with Gasteiger partial charge in [0.1, 0.15) is 0 Å². The summed E-state index contributed by atoms with van der Waals surface area (Å²) < 4.78 is 10.9. The topological polar surface area (TPSA) is 30.5 Å². The number of methoxy groups -OCH3 is 1. The summed E-state index contributed by atoms with van der Waals surface area (Å²) in [5.74, 6) is 1.67. The maximum Gasteiger partial charge on any atom is 0.161 e. The molecule has 3 heteroatoms. The molecule has 1 saturated heterocycles. The van der Waals surface area contributed by atoms with Crippen molar-refractivity contribution in [3.63, 3.8) is 0 Å². The molecular formula is C15H23NO2. The average Bonchev–Trinajstić information content (AvgIpc) is 2.42. The van der Waals surface area contributed by atoms with Gasteiger partial charge in [0.15, 0.2) is 11.5 Å². The van der Waals surface area contributed by atoms with Gasteiger partial charge in [0.2, 0.25) is 0 Å². The van der Waals surface area contributed by atoms with Crippen molar-refractivity contribution in [2.75, 3.05) is 20.3 Å². The summed E-state index contributed by atoms with van der Waals surface area (Å²) in [6, 6.07) is 6.87. The van der Waals surface area contributed by atoms with E-state index in [1.807, 2.05) is 13.0 Å². The molecule has 1 atom stereocenters. The number of piperidine rings is 1. The Kier molecular flexibility index (Phi) is 4.88. The Morgan fingerprint density at radius 3 is 2.83 bits per heavy atom. The van der Waals surface area contributed by atoms with Crippen molar-refractivity contribution in [1.82, 2.24) is 5.32 Å². The van der Waals surface area contributed by atoms with Gasteiger partial charge in [-0.25, -0.2) is 0 Å². The number of hydrogen-bond acceptors (Lipinski definition) is 3. The molecule has 1 aliphatic rings. The lowest BCUT2D eigenvalue weighted by Gasteiger charge is -2.23. The summed E-state index contributed by atoms with van der Waals surface area (Å²) in [7, 11) is 1.69. The molecular weight excluding hydrogens is 226 g/mol. The van der Waals surface area contributed by atoms with Crippen molar-refractivity contribution in [3.05, 3.63) is 23.8 Å².